The highest BCUT2D eigenvalue weighted by Gasteiger charge is 2.28. The topological polar surface area (TPSA) is 107 Å². The fourth-order valence-corrected chi connectivity index (χ4v) is 5.30. The average Bonchev–Trinajstić information content (AvgIpc) is 3.63. The lowest BCUT2D eigenvalue weighted by Crippen LogP contribution is -2.45. The number of hydrogen-bond acceptors (Lipinski definition) is 5. The Hall–Kier alpha value is -4.18. The van der Waals surface area contributed by atoms with E-state index in [-0.39, 0.29) is 12.5 Å². The van der Waals surface area contributed by atoms with E-state index in [4.69, 9.17) is 15.5 Å². The number of hydrogen-bond donors (Lipinski definition) is 2. The van der Waals surface area contributed by atoms with Crippen LogP contribution in [-0.4, -0.2) is 68.0 Å². The maximum atomic E-state index is 13.2. The van der Waals surface area contributed by atoms with Crippen LogP contribution < -0.4 is 10.5 Å². The molecule has 1 aliphatic rings. The standard InChI is InChI=1S/C27H28FN7O2/c1-33-22-10-16-7-9-34(14-18(29)13-28)27(36)20(16)12-21(22)31-26(33)23-11-17-4-3-5-24(37-2)25(17)35(23)15-19-6-8-30-32-19/h3-6,8,10-12,18H,7,9,13-15,29H2,1-2H3,(H,30,32)/t18-/m1/s1. The molecular formula is C27H28FN7O2. The van der Waals surface area contributed by atoms with E-state index in [1.54, 1.807) is 18.2 Å². The second-order valence-electron chi connectivity index (χ2n) is 9.49. The van der Waals surface area contributed by atoms with E-state index in [1.165, 1.54) is 0 Å². The van der Waals surface area contributed by atoms with Gasteiger partial charge in [-0.2, -0.15) is 5.10 Å². The van der Waals surface area contributed by atoms with Gasteiger partial charge in [0.15, 0.2) is 5.82 Å². The van der Waals surface area contributed by atoms with Gasteiger partial charge in [0.2, 0.25) is 0 Å². The van der Waals surface area contributed by atoms with Crippen LogP contribution in [0.3, 0.4) is 0 Å². The first-order valence-electron chi connectivity index (χ1n) is 12.2. The predicted molar refractivity (Wildman–Crippen MR) is 139 cm³/mol. The number of alkyl halides is 1. The normalized spacial score (nSPS) is 14.5. The molecule has 1 atom stereocenters. The molecule has 3 N–H and O–H groups in total. The number of ether oxygens (including phenoxy) is 1. The highest BCUT2D eigenvalue weighted by atomic mass is 19.1. The number of aromatic nitrogens is 5. The fraction of sp³-hybridized carbons (Fsp3) is 0.296. The molecule has 0 fully saturated rings. The minimum atomic E-state index is -0.677. The van der Waals surface area contributed by atoms with Crippen molar-refractivity contribution in [2.24, 2.45) is 12.8 Å². The molecule has 9 nitrogen and oxygen atoms in total. The first kappa shape index (κ1) is 23.2. The fourth-order valence-electron chi connectivity index (χ4n) is 5.30. The largest absolute Gasteiger partial charge is 0.495 e. The summed E-state index contributed by atoms with van der Waals surface area (Å²) in [7, 11) is 3.66. The number of nitrogens with one attached hydrogen (secondary N) is 1. The number of aromatic amines is 1. The van der Waals surface area contributed by atoms with Crippen molar-refractivity contribution in [2.45, 2.75) is 19.0 Å². The number of nitrogens with zero attached hydrogens (tertiary/aromatic N) is 5. The number of carbonyl (C=O) groups is 1. The zero-order chi connectivity index (χ0) is 25.7. The summed E-state index contributed by atoms with van der Waals surface area (Å²) in [6.45, 7) is 0.601. The molecule has 3 aromatic heterocycles. The molecule has 0 saturated heterocycles. The third-order valence-corrected chi connectivity index (χ3v) is 7.14. The molecular weight excluding hydrogens is 473 g/mol. The van der Waals surface area contributed by atoms with Gasteiger partial charge in [0.25, 0.3) is 5.91 Å². The number of amides is 1. The minimum Gasteiger partial charge on any atom is -0.495 e. The second-order valence-corrected chi connectivity index (χ2v) is 9.49. The van der Waals surface area contributed by atoms with Crippen molar-refractivity contribution in [3.8, 4) is 17.3 Å². The number of para-hydroxylation sites is 1. The zero-order valence-electron chi connectivity index (χ0n) is 20.7. The van der Waals surface area contributed by atoms with Crippen LogP contribution in [0.5, 0.6) is 5.75 Å². The van der Waals surface area contributed by atoms with E-state index < -0.39 is 12.7 Å². The lowest BCUT2D eigenvalue weighted by molar-refractivity contribution is 0.0725. The van der Waals surface area contributed by atoms with Gasteiger partial charge in [0, 0.05) is 37.3 Å². The first-order chi connectivity index (χ1) is 18.0. The smallest absolute Gasteiger partial charge is 0.254 e. The van der Waals surface area contributed by atoms with Gasteiger partial charge in [0.05, 0.1) is 47.6 Å². The maximum Gasteiger partial charge on any atom is 0.254 e. The molecule has 0 spiro atoms. The van der Waals surface area contributed by atoms with Crippen LogP contribution in [0.1, 0.15) is 21.6 Å². The lowest BCUT2D eigenvalue weighted by atomic mass is 9.97. The highest BCUT2D eigenvalue weighted by Crippen LogP contribution is 2.36. The number of nitrogens with two attached hydrogens (primary N) is 1. The summed E-state index contributed by atoms with van der Waals surface area (Å²) in [5.74, 6) is 1.41. The van der Waals surface area contributed by atoms with E-state index in [9.17, 15) is 9.18 Å². The summed E-state index contributed by atoms with van der Waals surface area (Å²) in [4.78, 5) is 19.8. The number of benzene rings is 2. The molecule has 2 aromatic carbocycles. The number of imidazole rings is 1. The van der Waals surface area contributed by atoms with Crippen LogP contribution in [0.4, 0.5) is 4.39 Å². The molecule has 37 heavy (non-hydrogen) atoms. The molecule has 0 bridgehead atoms. The van der Waals surface area contributed by atoms with E-state index in [2.05, 4.69) is 31.5 Å². The number of fused-ring (bicyclic) bond motifs is 3. The van der Waals surface area contributed by atoms with Crippen LogP contribution in [0.2, 0.25) is 0 Å². The van der Waals surface area contributed by atoms with E-state index in [0.717, 1.165) is 50.5 Å². The number of H-pyrrole nitrogens is 1. The van der Waals surface area contributed by atoms with Crippen LogP contribution in [0.15, 0.2) is 48.7 Å². The van der Waals surface area contributed by atoms with Crippen LogP contribution in [-0.2, 0) is 20.0 Å². The molecule has 1 aliphatic heterocycles. The van der Waals surface area contributed by atoms with Crippen LogP contribution in [0, 0.1) is 0 Å². The maximum absolute atomic E-state index is 13.2. The molecule has 5 aromatic rings. The van der Waals surface area contributed by atoms with Crippen molar-refractivity contribution < 1.29 is 13.9 Å². The van der Waals surface area contributed by atoms with Crippen molar-refractivity contribution in [1.29, 1.82) is 0 Å². The Morgan fingerprint density at radius 1 is 1.24 bits per heavy atom. The Balaban J connectivity index is 1.49. The number of carbonyl (C=O) groups excluding carboxylic acids is 1. The molecule has 0 unspecified atom stereocenters. The molecule has 6 rings (SSSR count). The van der Waals surface area contributed by atoms with Gasteiger partial charge in [-0.3, -0.25) is 9.89 Å². The van der Waals surface area contributed by atoms with Crippen molar-refractivity contribution >= 4 is 27.8 Å². The Bertz CT molecular complexity index is 1620. The highest BCUT2D eigenvalue weighted by molar-refractivity contribution is 6.01. The quantitative estimate of drug-likeness (QED) is 0.356. The zero-order valence-corrected chi connectivity index (χ0v) is 20.7. The first-order valence-corrected chi connectivity index (χ1v) is 12.2. The van der Waals surface area contributed by atoms with Crippen molar-refractivity contribution in [1.82, 2.24) is 29.2 Å². The molecule has 10 heteroatoms. The summed E-state index contributed by atoms with van der Waals surface area (Å²) in [5.41, 5.74) is 11.8. The van der Waals surface area contributed by atoms with Gasteiger partial charge >= 0.3 is 0 Å². The number of rotatable bonds is 7. The predicted octanol–water partition coefficient (Wildman–Crippen LogP) is 3.27. The molecule has 0 saturated carbocycles. The Kier molecular flexibility index (Phi) is 5.68. The monoisotopic (exact) mass is 501 g/mol. The minimum absolute atomic E-state index is 0.128. The van der Waals surface area contributed by atoms with Crippen LogP contribution >= 0.6 is 0 Å². The SMILES string of the molecule is COc1cccc2cc(-c3nc4cc5c(cc4n3C)CCN(C[C@H](N)CF)C5=O)n(Cc3cc[nH]n3)c12. The number of aryl methyl sites for hydroxylation is 1. The van der Waals surface area contributed by atoms with Gasteiger partial charge in [-0.15, -0.1) is 0 Å². The van der Waals surface area contributed by atoms with Gasteiger partial charge < -0.3 is 24.5 Å². The molecule has 0 radical (unpaired) electrons. The summed E-state index contributed by atoms with van der Waals surface area (Å²) in [6.07, 6.45) is 2.49. The third-order valence-electron chi connectivity index (χ3n) is 7.14. The van der Waals surface area contributed by atoms with E-state index in [1.807, 2.05) is 37.4 Å². The number of methoxy groups -OCH3 is 1. The van der Waals surface area contributed by atoms with Gasteiger partial charge in [-0.05, 0) is 42.3 Å². The Labute approximate surface area is 212 Å². The summed E-state index contributed by atoms with van der Waals surface area (Å²) < 4.78 is 22.9. The lowest BCUT2D eigenvalue weighted by Gasteiger charge is -2.30. The second kappa shape index (κ2) is 9.04. The van der Waals surface area contributed by atoms with Gasteiger partial charge in [0.1, 0.15) is 12.4 Å². The third kappa shape index (κ3) is 3.84. The Morgan fingerprint density at radius 3 is 2.86 bits per heavy atom. The summed E-state index contributed by atoms with van der Waals surface area (Å²) in [5, 5.41) is 8.28. The van der Waals surface area contributed by atoms with E-state index in [0.29, 0.717) is 25.1 Å². The molecule has 1 amide bonds. The number of halogens is 1. The average molecular weight is 502 g/mol. The molecule has 4 heterocycles. The van der Waals surface area contributed by atoms with Gasteiger partial charge in [-0.1, -0.05) is 12.1 Å². The van der Waals surface area contributed by atoms with Crippen molar-refractivity contribution in [2.75, 3.05) is 26.9 Å². The molecule has 0 aliphatic carbocycles. The van der Waals surface area contributed by atoms with Crippen molar-refractivity contribution in [3.05, 3.63) is 65.5 Å². The molecule has 190 valence electrons. The van der Waals surface area contributed by atoms with E-state index >= 15 is 0 Å². The summed E-state index contributed by atoms with van der Waals surface area (Å²) in [6, 6.07) is 13.2. The van der Waals surface area contributed by atoms with Crippen LogP contribution in [0.25, 0.3) is 33.5 Å². The van der Waals surface area contributed by atoms with Gasteiger partial charge in [-0.25, -0.2) is 9.37 Å². The Morgan fingerprint density at radius 2 is 2.11 bits per heavy atom. The summed E-state index contributed by atoms with van der Waals surface area (Å²) >= 11 is 0. The van der Waals surface area contributed by atoms with Crippen molar-refractivity contribution in [3.63, 3.8) is 0 Å².